The van der Waals surface area contributed by atoms with Crippen molar-refractivity contribution < 1.29 is 14.4 Å². The van der Waals surface area contributed by atoms with Gasteiger partial charge in [-0.1, -0.05) is 72.3 Å². The average Bonchev–Trinajstić information content (AvgIpc) is 3.31. The molecule has 1 atom stereocenters. The molecule has 0 saturated carbocycles. The van der Waals surface area contributed by atoms with Crippen molar-refractivity contribution in [3.05, 3.63) is 95.0 Å². The van der Waals surface area contributed by atoms with Gasteiger partial charge in [-0.05, 0) is 36.2 Å². The van der Waals surface area contributed by atoms with E-state index in [2.05, 4.69) is 10.3 Å². The molecule has 1 aliphatic heterocycles. The zero-order valence-electron chi connectivity index (χ0n) is 17.8. The molecule has 164 valence electrons. The number of nitrogens with zero attached hydrogens (tertiary/aromatic N) is 1. The van der Waals surface area contributed by atoms with Crippen molar-refractivity contribution in [3.63, 3.8) is 0 Å². The molecule has 1 fully saturated rings. The minimum atomic E-state index is -1.27. The van der Waals surface area contributed by atoms with Crippen LogP contribution in [0, 0.1) is 0 Å². The minimum absolute atomic E-state index is 0.324. The fraction of sp³-hybridized carbons (Fsp3) is 0.115. The highest BCUT2D eigenvalue weighted by Crippen LogP contribution is 2.33. The summed E-state index contributed by atoms with van der Waals surface area (Å²) in [6, 6.07) is 23.1. The average molecular weight is 458 g/mol. The lowest BCUT2D eigenvalue weighted by molar-refractivity contribution is -0.130. The van der Waals surface area contributed by atoms with Crippen molar-refractivity contribution in [1.82, 2.24) is 15.2 Å². The van der Waals surface area contributed by atoms with Crippen molar-refractivity contribution >= 4 is 40.2 Å². The number of Topliss-reactive ketones (excluding diaryl/α,β-unsaturated/α-hetero) is 1. The van der Waals surface area contributed by atoms with E-state index < -0.39 is 17.5 Å². The normalized spacial score (nSPS) is 18.1. The number of aromatic nitrogens is 1. The monoisotopic (exact) mass is 457 g/mol. The van der Waals surface area contributed by atoms with E-state index in [1.807, 2.05) is 54.6 Å². The summed E-state index contributed by atoms with van der Waals surface area (Å²) in [5.41, 5.74) is 2.09. The standard InChI is InChI=1S/C26H20ClN3O3/c1-26(17-11-13-18(27)14-12-17)24(32)30(25(33)29-26)15-21(31)22-19-9-5-6-10-20(19)28-23(22)16-7-3-2-4-8-16/h2-14,28H,15H2,1H3,(H,29,33). The third kappa shape index (κ3) is 3.49. The van der Waals surface area contributed by atoms with Gasteiger partial charge in [-0.3, -0.25) is 14.5 Å². The largest absolute Gasteiger partial charge is 0.354 e. The van der Waals surface area contributed by atoms with E-state index in [1.165, 1.54) is 0 Å². The Labute approximate surface area is 195 Å². The summed E-state index contributed by atoms with van der Waals surface area (Å²) >= 11 is 5.97. The zero-order chi connectivity index (χ0) is 23.2. The molecule has 0 bridgehead atoms. The summed E-state index contributed by atoms with van der Waals surface area (Å²) in [4.78, 5) is 43.9. The highest BCUT2D eigenvalue weighted by Gasteiger charge is 2.49. The summed E-state index contributed by atoms with van der Waals surface area (Å²) in [5.74, 6) is -0.806. The SMILES string of the molecule is CC1(c2ccc(Cl)cc2)NC(=O)N(CC(=O)c2c(-c3ccccc3)[nH]c3ccccc23)C1=O. The maximum Gasteiger partial charge on any atom is 0.325 e. The Hall–Kier alpha value is -3.90. The topological polar surface area (TPSA) is 82.3 Å². The number of nitrogens with one attached hydrogen (secondary N) is 2. The summed E-state index contributed by atoms with van der Waals surface area (Å²) in [6.07, 6.45) is 0. The van der Waals surface area contributed by atoms with Crippen molar-refractivity contribution in [2.45, 2.75) is 12.5 Å². The van der Waals surface area contributed by atoms with Crippen molar-refractivity contribution in [1.29, 1.82) is 0 Å². The number of carbonyl (C=O) groups excluding carboxylic acids is 3. The van der Waals surface area contributed by atoms with Crippen LogP contribution in [0.5, 0.6) is 0 Å². The molecule has 5 rings (SSSR count). The molecule has 3 aromatic carbocycles. The van der Waals surface area contributed by atoms with E-state index in [1.54, 1.807) is 31.2 Å². The van der Waals surface area contributed by atoms with Crippen LogP contribution in [0.2, 0.25) is 5.02 Å². The zero-order valence-corrected chi connectivity index (χ0v) is 18.5. The Balaban J connectivity index is 1.51. The van der Waals surface area contributed by atoms with E-state index in [0.717, 1.165) is 21.4 Å². The second-order valence-corrected chi connectivity index (χ2v) is 8.60. The molecular formula is C26H20ClN3O3. The third-order valence-corrected chi connectivity index (χ3v) is 6.30. The second kappa shape index (κ2) is 7.90. The van der Waals surface area contributed by atoms with Gasteiger partial charge < -0.3 is 10.3 Å². The number of rotatable bonds is 5. The Morgan fingerprint density at radius 1 is 0.939 bits per heavy atom. The predicted molar refractivity (Wildman–Crippen MR) is 127 cm³/mol. The Bertz CT molecular complexity index is 1400. The lowest BCUT2D eigenvalue weighted by Crippen LogP contribution is -2.41. The minimum Gasteiger partial charge on any atom is -0.354 e. The number of para-hydroxylation sites is 1. The fourth-order valence-corrected chi connectivity index (χ4v) is 4.42. The fourth-order valence-electron chi connectivity index (χ4n) is 4.30. The molecule has 2 heterocycles. The van der Waals surface area contributed by atoms with Crippen LogP contribution in [0.1, 0.15) is 22.8 Å². The number of fused-ring (bicyclic) bond motifs is 1. The quantitative estimate of drug-likeness (QED) is 0.321. The number of H-pyrrole nitrogens is 1. The number of amides is 3. The van der Waals surface area contributed by atoms with Crippen LogP contribution < -0.4 is 5.32 Å². The number of carbonyl (C=O) groups is 3. The van der Waals surface area contributed by atoms with Gasteiger partial charge in [0.25, 0.3) is 5.91 Å². The van der Waals surface area contributed by atoms with E-state index in [9.17, 15) is 14.4 Å². The molecule has 1 aromatic heterocycles. The summed E-state index contributed by atoms with van der Waals surface area (Å²) in [7, 11) is 0. The molecule has 1 saturated heterocycles. The van der Waals surface area contributed by atoms with Crippen LogP contribution in [0.3, 0.4) is 0 Å². The van der Waals surface area contributed by atoms with Gasteiger partial charge in [-0.2, -0.15) is 0 Å². The smallest absolute Gasteiger partial charge is 0.325 e. The molecule has 0 aliphatic carbocycles. The highest BCUT2D eigenvalue weighted by molar-refractivity contribution is 6.30. The number of benzene rings is 3. The maximum atomic E-state index is 13.5. The van der Waals surface area contributed by atoms with Crippen LogP contribution in [0.25, 0.3) is 22.2 Å². The number of imide groups is 1. The van der Waals surface area contributed by atoms with Crippen molar-refractivity contribution in [2.24, 2.45) is 0 Å². The summed E-state index contributed by atoms with van der Waals surface area (Å²) in [6.45, 7) is 1.26. The maximum absolute atomic E-state index is 13.5. The van der Waals surface area contributed by atoms with Gasteiger partial charge in [0.15, 0.2) is 5.78 Å². The molecule has 0 spiro atoms. The number of ketones is 1. The van der Waals surface area contributed by atoms with Gasteiger partial charge in [-0.15, -0.1) is 0 Å². The molecule has 6 nitrogen and oxygen atoms in total. The van der Waals surface area contributed by atoms with E-state index in [0.29, 0.717) is 21.8 Å². The van der Waals surface area contributed by atoms with E-state index in [-0.39, 0.29) is 12.3 Å². The van der Waals surface area contributed by atoms with Gasteiger partial charge in [0.2, 0.25) is 0 Å². The highest BCUT2D eigenvalue weighted by atomic mass is 35.5. The number of halogens is 1. The number of aromatic amines is 1. The van der Waals surface area contributed by atoms with Crippen LogP contribution in [-0.2, 0) is 10.3 Å². The Morgan fingerprint density at radius 2 is 1.61 bits per heavy atom. The molecule has 7 heteroatoms. The molecule has 3 amide bonds. The number of hydrogen-bond donors (Lipinski definition) is 2. The molecular weight excluding hydrogens is 438 g/mol. The van der Waals surface area contributed by atoms with E-state index in [4.69, 9.17) is 11.6 Å². The van der Waals surface area contributed by atoms with Crippen molar-refractivity contribution in [2.75, 3.05) is 6.54 Å². The van der Waals surface area contributed by atoms with Gasteiger partial charge >= 0.3 is 6.03 Å². The first-order valence-electron chi connectivity index (χ1n) is 10.5. The Morgan fingerprint density at radius 3 is 2.33 bits per heavy atom. The van der Waals surface area contributed by atoms with Gasteiger partial charge in [0.1, 0.15) is 5.54 Å². The Kier molecular flexibility index (Phi) is 5.02. The first kappa shape index (κ1) is 21.0. The first-order chi connectivity index (χ1) is 15.9. The molecule has 33 heavy (non-hydrogen) atoms. The third-order valence-electron chi connectivity index (χ3n) is 6.05. The van der Waals surface area contributed by atoms with Gasteiger partial charge in [0.05, 0.1) is 17.8 Å². The molecule has 0 radical (unpaired) electrons. The lowest BCUT2D eigenvalue weighted by Gasteiger charge is -2.22. The van der Waals surface area contributed by atoms with Gasteiger partial charge in [-0.25, -0.2) is 4.79 Å². The molecule has 2 N–H and O–H groups in total. The molecule has 1 unspecified atom stereocenters. The van der Waals surface area contributed by atoms with Crippen molar-refractivity contribution in [3.8, 4) is 11.3 Å². The summed E-state index contributed by atoms with van der Waals surface area (Å²) in [5, 5.41) is 4.01. The molecule has 1 aliphatic rings. The van der Waals surface area contributed by atoms with Crippen LogP contribution in [0.4, 0.5) is 4.79 Å². The number of urea groups is 1. The molecule has 4 aromatic rings. The lowest BCUT2D eigenvalue weighted by atomic mass is 9.92. The summed E-state index contributed by atoms with van der Waals surface area (Å²) < 4.78 is 0. The second-order valence-electron chi connectivity index (χ2n) is 8.16. The van der Waals surface area contributed by atoms with Crippen LogP contribution >= 0.6 is 11.6 Å². The predicted octanol–water partition coefficient (Wildman–Crippen LogP) is 5.14. The first-order valence-corrected chi connectivity index (χ1v) is 10.9. The van der Waals surface area contributed by atoms with E-state index >= 15 is 0 Å². The van der Waals surface area contributed by atoms with Gasteiger partial charge in [0, 0.05) is 15.9 Å². The van der Waals surface area contributed by atoms with Crippen LogP contribution in [-0.4, -0.2) is 34.2 Å². The number of hydrogen-bond acceptors (Lipinski definition) is 3. The van der Waals surface area contributed by atoms with Crippen LogP contribution in [0.15, 0.2) is 78.9 Å².